The van der Waals surface area contributed by atoms with Crippen LogP contribution in [-0.4, -0.2) is 8.07 Å². The van der Waals surface area contributed by atoms with Crippen LogP contribution < -0.4 is 0 Å². The lowest BCUT2D eigenvalue weighted by Crippen LogP contribution is -2.16. The molecule has 0 aromatic carbocycles. The van der Waals surface area contributed by atoms with Gasteiger partial charge < -0.3 is 0 Å². The molecule has 1 aliphatic rings. The van der Waals surface area contributed by atoms with E-state index in [0.29, 0.717) is 0 Å². The van der Waals surface area contributed by atoms with E-state index in [1.807, 2.05) is 0 Å². The Morgan fingerprint density at radius 3 is 2.55 bits per heavy atom. The van der Waals surface area contributed by atoms with Gasteiger partial charge in [-0.3, -0.25) is 0 Å². The minimum absolute atomic E-state index is 0.958. The average molecular weight is 166 g/mol. The summed E-state index contributed by atoms with van der Waals surface area (Å²) in [6.07, 6.45) is 8.55. The van der Waals surface area contributed by atoms with E-state index < -0.39 is 8.07 Å². The van der Waals surface area contributed by atoms with Crippen LogP contribution >= 0.6 is 0 Å². The summed E-state index contributed by atoms with van der Waals surface area (Å²) in [7, 11) is -0.958. The third-order valence-electron chi connectivity index (χ3n) is 1.79. The van der Waals surface area contributed by atoms with E-state index in [9.17, 15) is 0 Å². The molecule has 0 atom stereocenters. The first-order valence-electron chi connectivity index (χ1n) is 4.46. The molecule has 1 heteroatoms. The van der Waals surface area contributed by atoms with Crippen molar-refractivity contribution in [3.05, 3.63) is 23.4 Å². The maximum Gasteiger partial charge on any atom is 0.0690 e. The van der Waals surface area contributed by atoms with Gasteiger partial charge in [0.1, 0.15) is 0 Å². The Morgan fingerprint density at radius 1 is 1.36 bits per heavy atom. The topological polar surface area (TPSA) is 0 Å². The van der Waals surface area contributed by atoms with Crippen molar-refractivity contribution in [3.8, 4) is 0 Å². The molecule has 0 radical (unpaired) electrons. The molecule has 0 saturated heterocycles. The zero-order valence-corrected chi connectivity index (χ0v) is 8.85. The van der Waals surface area contributed by atoms with Crippen molar-refractivity contribution in [2.75, 3.05) is 0 Å². The molecule has 1 aliphatic carbocycles. The predicted molar refractivity (Wildman–Crippen MR) is 54.4 cm³/mol. The molecule has 0 bridgehead atoms. The molecule has 0 fully saturated rings. The van der Waals surface area contributed by atoms with Gasteiger partial charge in [-0.25, -0.2) is 0 Å². The van der Waals surface area contributed by atoms with Crippen LogP contribution in [0.3, 0.4) is 0 Å². The first-order chi connectivity index (χ1) is 5.08. The highest BCUT2D eigenvalue weighted by atomic mass is 28.3. The first kappa shape index (κ1) is 8.79. The molecule has 0 aromatic heterocycles. The molecule has 11 heavy (non-hydrogen) atoms. The van der Waals surface area contributed by atoms with Gasteiger partial charge in [0.15, 0.2) is 0 Å². The van der Waals surface area contributed by atoms with Gasteiger partial charge in [-0.15, -0.1) is 0 Å². The lowest BCUT2D eigenvalue weighted by atomic mass is 10.0. The fourth-order valence-corrected chi connectivity index (χ4v) is 2.77. The Hall–Kier alpha value is -0.303. The average Bonchev–Trinajstić information content (AvgIpc) is 1.85. The van der Waals surface area contributed by atoms with Crippen molar-refractivity contribution in [2.24, 2.45) is 0 Å². The van der Waals surface area contributed by atoms with Crippen molar-refractivity contribution in [3.63, 3.8) is 0 Å². The minimum Gasteiger partial charge on any atom is -0.0919 e. The molecule has 0 N–H and O–H groups in total. The van der Waals surface area contributed by atoms with Crippen molar-refractivity contribution in [2.45, 2.75) is 38.9 Å². The van der Waals surface area contributed by atoms with E-state index in [0.717, 1.165) is 0 Å². The standard InChI is InChI=1S/C10H18Si/c1-11(2,3)9-10-7-5-4-6-8-10/h5,7,9H,4,6,8H2,1-3H3/b10-9+. The van der Waals surface area contributed by atoms with Crippen LogP contribution in [-0.2, 0) is 0 Å². The first-order valence-corrected chi connectivity index (χ1v) is 8.04. The van der Waals surface area contributed by atoms with Crippen LogP contribution in [0.15, 0.2) is 23.4 Å². The van der Waals surface area contributed by atoms with Gasteiger partial charge in [-0.05, 0) is 19.3 Å². The second-order valence-corrected chi connectivity index (χ2v) is 9.40. The minimum atomic E-state index is -0.958. The molecule has 0 aromatic rings. The summed E-state index contributed by atoms with van der Waals surface area (Å²) in [5.41, 5.74) is 4.10. The molecule has 0 spiro atoms. The van der Waals surface area contributed by atoms with E-state index in [1.54, 1.807) is 5.57 Å². The third-order valence-corrected chi connectivity index (χ3v) is 3.02. The van der Waals surface area contributed by atoms with Gasteiger partial charge in [-0.1, -0.05) is 43.1 Å². The van der Waals surface area contributed by atoms with Crippen molar-refractivity contribution >= 4 is 8.07 Å². The number of allylic oxidation sites excluding steroid dienone is 3. The molecule has 0 aliphatic heterocycles. The summed E-state index contributed by atoms with van der Waals surface area (Å²) >= 11 is 0. The van der Waals surface area contributed by atoms with Gasteiger partial charge in [0.2, 0.25) is 0 Å². The van der Waals surface area contributed by atoms with Crippen LogP contribution in [0.5, 0.6) is 0 Å². The molecule has 0 nitrogen and oxygen atoms in total. The Bertz CT molecular complexity index is 182. The molecular formula is C10H18Si. The Labute approximate surface area is 71.0 Å². The normalized spacial score (nSPS) is 22.6. The summed E-state index contributed by atoms with van der Waals surface area (Å²) in [6.45, 7) is 7.17. The summed E-state index contributed by atoms with van der Waals surface area (Å²) < 4.78 is 0. The largest absolute Gasteiger partial charge is 0.0919 e. The second kappa shape index (κ2) is 3.40. The van der Waals surface area contributed by atoms with Crippen LogP contribution in [0, 0.1) is 0 Å². The zero-order chi connectivity index (χ0) is 8.32. The van der Waals surface area contributed by atoms with Gasteiger partial charge in [0.05, 0.1) is 8.07 Å². The van der Waals surface area contributed by atoms with Crippen LogP contribution in [0.1, 0.15) is 19.3 Å². The highest BCUT2D eigenvalue weighted by Gasteiger charge is 2.10. The number of hydrogen-bond acceptors (Lipinski definition) is 0. The van der Waals surface area contributed by atoms with Crippen LogP contribution in [0.4, 0.5) is 0 Å². The van der Waals surface area contributed by atoms with Gasteiger partial charge in [0, 0.05) is 0 Å². The Balaban J connectivity index is 2.65. The molecule has 0 amide bonds. The highest BCUT2D eigenvalue weighted by Crippen LogP contribution is 2.18. The van der Waals surface area contributed by atoms with Crippen LogP contribution in [0.2, 0.25) is 19.6 Å². The summed E-state index contributed by atoms with van der Waals surface area (Å²) in [4.78, 5) is 0. The van der Waals surface area contributed by atoms with E-state index in [2.05, 4.69) is 37.5 Å². The molecule has 62 valence electrons. The summed E-state index contributed by atoms with van der Waals surface area (Å²) in [5.74, 6) is 0. The van der Waals surface area contributed by atoms with Crippen molar-refractivity contribution in [1.29, 1.82) is 0 Å². The maximum absolute atomic E-state index is 2.52. The molecule has 0 saturated carbocycles. The number of rotatable bonds is 1. The lowest BCUT2D eigenvalue weighted by Gasteiger charge is -2.14. The maximum atomic E-state index is 2.52. The van der Waals surface area contributed by atoms with E-state index in [4.69, 9.17) is 0 Å². The summed E-state index contributed by atoms with van der Waals surface area (Å²) in [5, 5.41) is 0. The van der Waals surface area contributed by atoms with E-state index in [1.165, 1.54) is 19.3 Å². The van der Waals surface area contributed by atoms with Crippen LogP contribution in [0.25, 0.3) is 0 Å². The zero-order valence-electron chi connectivity index (χ0n) is 7.85. The molecule has 0 heterocycles. The molecular weight excluding hydrogens is 148 g/mol. The Morgan fingerprint density at radius 2 is 2.09 bits per heavy atom. The predicted octanol–water partition coefficient (Wildman–Crippen LogP) is 3.53. The van der Waals surface area contributed by atoms with Crippen molar-refractivity contribution in [1.82, 2.24) is 0 Å². The van der Waals surface area contributed by atoms with Gasteiger partial charge in [0.25, 0.3) is 0 Å². The lowest BCUT2D eigenvalue weighted by molar-refractivity contribution is 0.822. The van der Waals surface area contributed by atoms with Crippen molar-refractivity contribution < 1.29 is 0 Å². The fraction of sp³-hybridized carbons (Fsp3) is 0.600. The third kappa shape index (κ3) is 3.56. The van der Waals surface area contributed by atoms with Gasteiger partial charge in [-0.2, -0.15) is 0 Å². The second-order valence-electron chi connectivity index (χ2n) is 4.38. The fourth-order valence-electron chi connectivity index (χ4n) is 1.42. The molecule has 0 unspecified atom stereocenters. The quantitative estimate of drug-likeness (QED) is 0.523. The van der Waals surface area contributed by atoms with E-state index >= 15 is 0 Å². The Kier molecular flexibility index (Phi) is 2.71. The molecule has 1 rings (SSSR count). The SMILES string of the molecule is C[Si](C)(C)/C=C1\C=CCCC1. The number of hydrogen-bond donors (Lipinski definition) is 0. The smallest absolute Gasteiger partial charge is 0.0690 e. The monoisotopic (exact) mass is 166 g/mol. The highest BCUT2D eigenvalue weighted by molar-refractivity contribution is 6.81. The summed E-state index contributed by atoms with van der Waals surface area (Å²) in [6, 6.07) is 0. The van der Waals surface area contributed by atoms with E-state index in [-0.39, 0.29) is 0 Å². The van der Waals surface area contributed by atoms with Gasteiger partial charge >= 0.3 is 0 Å².